The average molecular weight is 310 g/mol. The standard InChI is InChI=1S/C17H27FN2O2/c1-12(2)7-6-8-13(3)20-17(22)19-11-16(21)14-9-4-5-10-15(14)18/h4-5,9-10,12-13,16,21H,6-8,11H2,1-3H3,(H2,19,20,22). The van der Waals surface area contributed by atoms with E-state index in [0.717, 1.165) is 19.3 Å². The first-order chi connectivity index (χ1) is 10.4. The molecular formula is C17H27FN2O2. The SMILES string of the molecule is CC(C)CCCC(C)NC(=O)NCC(O)c1ccccc1F. The predicted octanol–water partition coefficient (Wildman–Crippen LogP) is 3.37. The van der Waals surface area contributed by atoms with Crippen LogP contribution in [0.5, 0.6) is 0 Å². The van der Waals surface area contributed by atoms with E-state index >= 15 is 0 Å². The van der Waals surface area contributed by atoms with E-state index in [1.54, 1.807) is 12.1 Å². The summed E-state index contributed by atoms with van der Waals surface area (Å²) in [4.78, 5) is 11.7. The molecule has 0 heterocycles. The smallest absolute Gasteiger partial charge is 0.315 e. The highest BCUT2D eigenvalue weighted by Gasteiger charge is 2.14. The van der Waals surface area contributed by atoms with Gasteiger partial charge < -0.3 is 15.7 Å². The van der Waals surface area contributed by atoms with Crippen LogP contribution in [0.25, 0.3) is 0 Å². The molecule has 3 N–H and O–H groups in total. The zero-order valence-corrected chi connectivity index (χ0v) is 13.6. The molecule has 2 atom stereocenters. The summed E-state index contributed by atoms with van der Waals surface area (Å²) in [6, 6.07) is 5.74. The zero-order valence-electron chi connectivity index (χ0n) is 13.6. The first-order valence-corrected chi connectivity index (χ1v) is 7.87. The van der Waals surface area contributed by atoms with Crippen molar-refractivity contribution in [3.8, 4) is 0 Å². The molecule has 22 heavy (non-hydrogen) atoms. The lowest BCUT2D eigenvalue weighted by atomic mass is 10.0. The number of halogens is 1. The maximum Gasteiger partial charge on any atom is 0.315 e. The van der Waals surface area contributed by atoms with Gasteiger partial charge in [0.15, 0.2) is 0 Å². The molecule has 2 unspecified atom stereocenters. The van der Waals surface area contributed by atoms with Crippen LogP contribution in [0.4, 0.5) is 9.18 Å². The Hall–Kier alpha value is -1.62. The van der Waals surface area contributed by atoms with Crippen molar-refractivity contribution in [2.45, 2.75) is 52.2 Å². The third kappa shape index (κ3) is 6.89. The summed E-state index contributed by atoms with van der Waals surface area (Å²) in [6.45, 7) is 6.28. The monoisotopic (exact) mass is 310 g/mol. The Kier molecular flexibility index (Phi) is 7.88. The van der Waals surface area contributed by atoms with Crippen LogP contribution < -0.4 is 10.6 Å². The lowest BCUT2D eigenvalue weighted by Crippen LogP contribution is -2.42. The van der Waals surface area contributed by atoms with Gasteiger partial charge in [0.1, 0.15) is 5.82 Å². The first kappa shape index (κ1) is 18.4. The first-order valence-electron chi connectivity index (χ1n) is 7.87. The number of hydrogen-bond acceptors (Lipinski definition) is 2. The van der Waals surface area contributed by atoms with E-state index in [2.05, 4.69) is 24.5 Å². The summed E-state index contributed by atoms with van der Waals surface area (Å²) >= 11 is 0. The summed E-state index contributed by atoms with van der Waals surface area (Å²) in [5, 5.41) is 15.3. The van der Waals surface area contributed by atoms with Crippen molar-refractivity contribution in [3.63, 3.8) is 0 Å². The molecule has 0 bridgehead atoms. The van der Waals surface area contributed by atoms with Gasteiger partial charge in [-0.1, -0.05) is 44.9 Å². The number of urea groups is 1. The summed E-state index contributed by atoms with van der Waals surface area (Å²) in [6.07, 6.45) is 2.07. The van der Waals surface area contributed by atoms with Gasteiger partial charge in [0, 0.05) is 18.2 Å². The van der Waals surface area contributed by atoms with Gasteiger partial charge in [-0.05, 0) is 25.3 Å². The van der Waals surface area contributed by atoms with Crippen LogP contribution in [-0.2, 0) is 0 Å². The molecule has 0 fully saturated rings. The molecule has 4 nitrogen and oxygen atoms in total. The maximum atomic E-state index is 13.5. The minimum absolute atomic E-state index is 0.0223. The number of carbonyl (C=O) groups excluding carboxylic acids is 1. The van der Waals surface area contributed by atoms with E-state index in [1.165, 1.54) is 12.1 Å². The Labute approximate surface area is 132 Å². The van der Waals surface area contributed by atoms with Crippen molar-refractivity contribution < 1.29 is 14.3 Å². The van der Waals surface area contributed by atoms with Crippen molar-refractivity contribution in [2.24, 2.45) is 5.92 Å². The van der Waals surface area contributed by atoms with Crippen molar-refractivity contribution in [1.82, 2.24) is 10.6 Å². The summed E-state index contributed by atoms with van der Waals surface area (Å²) in [7, 11) is 0. The third-order valence-electron chi connectivity index (χ3n) is 3.52. The zero-order chi connectivity index (χ0) is 16.5. The van der Waals surface area contributed by atoms with Gasteiger partial charge in [-0.15, -0.1) is 0 Å². The second-order valence-electron chi connectivity index (χ2n) is 6.12. The number of aliphatic hydroxyl groups excluding tert-OH is 1. The van der Waals surface area contributed by atoms with Gasteiger partial charge in [-0.25, -0.2) is 9.18 Å². The molecule has 0 aromatic heterocycles. The molecule has 0 aliphatic rings. The molecular weight excluding hydrogens is 283 g/mol. The molecule has 1 aromatic carbocycles. The van der Waals surface area contributed by atoms with Gasteiger partial charge in [0.05, 0.1) is 6.10 Å². The van der Waals surface area contributed by atoms with Crippen molar-refractivity contribution in [1.29, 1.82) is 0 Å². The molecule has 2 amide bonds. The molecule has 0 saturated carbocycles. The highest BCUT2D eigenvalue weighted by molar-refractivity contribution is 5.74. The van der Waals surface area contributed by atoms with E-state index in [9.17, 15) is 14.3 Å². The van der Waals surface area contributed by atoms with E-state index in [4.69, 9.17) is 0 Å². The van der Waals surface area contributed by atoms with Crippen LogP contribution in [0.2, 0.25) is 0 Å². The van der Waals surface area contributed by atoms with Gasteiger partial charge in [-0.2, -0.15) is 0 Å². The minimum Gasteiger partial charge on any atom is -0.386 e. The molecule has 0 aliphatic carbocycles. The quantitative estimate of drug-likeness (QED) is 0.689. The Morgan fingerprint density at radius 3 is 2.55 bits per heavy atom. The van der Waals surface area contributed by atoms with Crippen LogP contribution >= 0.6 is 0 Å². The Bertz CT molecular complexity index is 466. The Morgan fingerprint density at radius 1 is 1.23 bits per heavy atom. The molecule has 0 spiro atoms. The molecule has 124 valence electrons. The van der Waals surface area contributed by atoms with Crippen LogP contribution in [0.3, 0.4) is 0 Å². The molecule has 1 aromatic rings. The molecule has 5 heteroatoms. The largest absolute Gasteiger partial charge is 0.386 e. The van der Waals surface area contributed by atoms with Crippen LogP contribution in [0.1, 0.15) is 51.7 Å². The number of rotatable bonds is 8. The second-order valence-corrected chi connectivity index (χ2v) is 6.12. The maximum absolute atomic E-state index is 13.5. The highest BCUT2D eigenvalue weighted by atomic mass is 19.1. The molecule has 1 rings (SSSR count). The number of benzene rings is 1. The number of carbonyl (C=O) groups is 1. The number of aliphatic hydroxyl groups is 1. The summed E-state index contributed by atoms with van der Waals surface area (Å²) in [5.74, 6) is 0.191. The van der Waals surface area contributed by atoms with Crippen LogP contribution in [0, 0.1) is 11.7 Å². The topological polar surface area (TPSA) is 61.4 Å². The second kappa shape index (κ2) is 9.41. The Balaban J connectivity index is 2.29. The summed E-state index contributed by atoms with van der Waals surface area (Å²) < 4.78 is 13.5. The predicted molar refractivity (Wildman–Crippen MR) is 86.0 cm³/mol. The average Bonchev–Trinajstić information content (AvgIpc) is 2.44. The van der Waals surface area contributed by atoms with E-state index < -0.39 is 11.9 Å². The van der Waals surface area contributed by atoms with Crippen LogP contribution in [-0.4, -0.2) is 23.7 Å². The number of hydrogen-bond donors (Lipinski definition) is 3. The van der Waals surface area contributed by atoms with Gasteiger partial charge in [0.2, 0.25) is 0 Å². The fourth-order valence-electron chi connectivity index (χ4n) is 2.22. The fourth-order valence-corrected chi connectivity index (χ4v) is 2.22. The lowest BCUT2D eigenvalue weighted by molar-refractivity contribution is 0.168. The van der Waals surface area contributed by atoms with E-state index in [-0.39, 0.29) is 24.2 Å². The molecule has 0 radical (unpaired) electrons. The van der Waals surface area contributed by atoms with Crippen molar-refractivity contribution in [3.05, 3.63) is 35.6 Å². The van der Waals surface area contributed by atoms with Gasteiger partial charge >= 0.3 is 6.03 Å². The van der Waals surface area contributed by atoms with Crippen molar-refractivity contribution in [2.75, 3.05) is 6.54 Å². The fraction of sp³-hybridized carbons (Fsp3) is 0.588. The summed E-state index contributed by atoms with van der Waals surface area (Å²) in [5.41, 5.74) is 0.188. The minimum atomic E-state index is -1.05. The van der Waals surface area contributed by atoms with E-state index in [1.807, 2.05) is 6.92 Å². The third-order valence-corrected chi connectivity index (χ3v) is 3.52. The Morgan fingerprint density at radius 2 is 1.91 bits per heavy atom. The van der Waals surface area contributed by atoms with Crippen LogP contribution in [0.15, 0.2) is 24.3 Å². The molecule has 0 saturated heterocycles. The van der Waals surface area contributed by atoms with Crippen molar-refractivity contribution >= 4 is 6.03 Å². The normalized spacial score (nSPS) is 13.7. The van der Waals surface area contributed by atoms with E-state index in [0.29, 0.717) is 5.92 Å². The van der Waals surface area contributed by atoms with Gasteiger partial charge in [-0.3, -0.25) is 0 Å². The lowest BCUT2D eigenvalue weighted by Gasteiger charge is -2.17. The van der Waals surface area contributed by atoms with Gasteiger partial charge in [0.25, 0.3) is 0 Å². The highest BCUT2D eigenvalue weighted by Crippen LogP contribution is 2.15. The number of amides is 2. The molecule has 0 aliphatic heterocycles. The number of nitrogens with one attached hydrogen (secondary N) is 2.